The lowest BCUT2D eigenvalue weighted by atomic mass is 10.1. The van der Waals surface area contributed by atoms with E-state index in [1.165, 1.54) is 4.88 Å². The van der Waals surface area contributed by atoms with Gasteiger partial charge in [0.25, 0.3) is 0 Å². The molecule has 1 saturated heterocycles. The van der Waals surface area contributed by atoms with Gasteiger partial charge in [-0.1, -0.05) is 18.7 Å². The molecule has 0 unspecified atom stereocenters. The zero-order valence-electron chi connectivity index (χ0n) is 20.0. The number of rotatable bonds is 6. The molecule has 9 nitrogen and oxygen atoms in total. The van der Waals surface area contributed by atoms with E-state index in [-0.39, 0.29) is 6.04 Å². The number of pyridine rings is 1. The predicted octanol–water partition coefficient (Wildman–Crippen LogP) is 4.25. The van der Waals surface area contributed by atoms with Crippen LogP contribution in [-0.4, -0.2) is 54.2 Å². The van der Waals surface area contributed by atoms with Crippen molar-refractivity contribution in [2.45, 2.75) is 19.9 Å². The van der Waals surface area contributed by atoms with Gasteiger partial charge in [0.1, 0.15) is 11.5 Å². The van der Waals surface area contributed by atoms with Gasteiger partial charge < -0.3 is 15.6 Å². The van der Waals surface area contributed by atoms with Crippen LogP contribution in [0, 0.1) is 13.8 Å². The van der Waals surface area contributed by atoms with Gasteiger partial charge in [-0.2, -0.15) is 5.10 Å². The second-order valence-corrected chi connectivity index (χ2v) is 10.2. The van der Waals surface area contributed by atoms with Crippen molar-refractivity contribution in [2.75, 3.05) is 18.0 Å². The smallest absolute Gasteiger partial charge is 0.181 e. The quantitative estimate of drug-likeness (QED) is 0.301. The third-order valence-electron chi connectivity index (χ3n) is 6.23. The van der Waals surface area contributed by atoms with Crippen LogP contribution in [0.1, 0.15) is 21.1 Å². The van der Waals surface area contributed by atoms with Crippen LogP contribution >= 0.6 is 11.3 Å². The summed E-state index contributed by atoms with van der Waals surface area (Å²) < 4.78 is 0. The van der Waals surface area contributed by atoms with Crippen LogP contribution in [0.3, 0.4) is 0 Å². The number of H-pyrrole nitrogens is 2. The standard InChI is InChI=1S/C26H25N9S/c1-4-5-18(21-7-6-14(2)36-21)23-15(3)30-26(32-23)24-19-8-16(9-29-25(19)34-33-24)20-10-28-11-22(31-20)35-12-17(27)13-35/h4-11,17H,1,12-13,27H2,2-3H3,(H,30,32)(H,29,33,34)/b18-5-. The van der Waals surface area contributed by atoms with Crippen molar-refractivity contribution in [1.29, 1.82) is 0 Å². The highest BCUT2D eigenvalue weighted by Crippen LogP contribution is 2.33. The zero-order chi connectivity index (χ0) is 24.8. The molecular formula is C26H25N9S. The molecule has 0 saturated carbocycles. The molecule has 10 heteroatoms. The molecule has 6 heterocycles. The molecule has 5 aromatic rings. The highest BCUT2D eigenvalue weighted by molar-refractivity contribution is 7.13. The SMILES string of the molecule is C=C/C=C(/c1ccc(C)s1)c1nc(-c2[nH]nc3ncc(-c4cncc(N5CC(N)C5)n4)cc23)[nH]c1C. The van der Waals surface area contributed by atoms with Gasteiger partial charge in [-0.05, 0) is 32.0 Å². The molecule has 180 valence electrons. The fraction of sp³-hybridized carbons (Fsp3) is 0.192. The molecule has 36 heavy (non-hydrogen) atoms. The Kier molecular flexibility index (Phi) is 5.46. The number of nitrogens with two attached hydrogens (primary N) is 1. The van der Waals surface area contributed by atoms with E-state index in [4.69, 9.17) is 15.7 Å². The molecule has 5 aromatic heterocycles. The van der Waals surface area contributed by atoms with Gasteiger partial charge in [0.05, 0.1) is 29.2 Å². The molecular weight excluding hydrogens is 470 g/mol. The topological polar surface area (TPSA) is 125 Å². The molecule has 1 fully saturated rings. The Labute approximate surface area is 211 Å². The van der Waals surface area contributed by atoms with Crippen molar-refractivity contribution >= 4 is 33.8 Å². The molecule has 0 spiro atoms. The third kappa shape index (κ3) is 3.90. The molecule has 1 aliphatic heterocycles. The van der Waals surface area contributed by atoms with Crippen LogP contribution in [0.4, 0.5) is 5.82 Å². The van der Waals surface area contributed by atoms with E-state index in [1.807, 2.05) is 19.1 Å². The van der Waals surface area contributed by atoms with Crippen LogP contribution < -0.4 is 10.6 Å². The van der Waals surface area contributed by atoms with Gasteiger partial charge in [0.2, 0.25) is 0 Å². The molecule has 0 bridgehead atoms. The summed E-state index contributed by atoms with van der Waals surface area (Å²) in [5.74, 6) is 1.51. The van der Waals surface area contributed by atoms with Crippen molar-refractivity contribution in [2.24, 2.45) is 5.73 Å². The van der Waals surface area contributed by atoms with Gasteiger partial charge in [-0.15, -0.1) is 11.3 Å². The molecule has 0 aromatic carbocycles. The summed E-state index contributed by atoms with van der Waals surface area (Å²) in [5, 5.41) is 8.37. The maximum Gasteiger partial charge on any atom is 0.181 e. The number of aryl methyl sites for hydroxylation is 2. The van der Waals surface area contributed by atoms with Gasteiger partial charge in [-0.3, -0.25) is 10.1 Å². The van der Waals surface area contributed by atoms with E-state index in [1.54, 1.807) is 36.0 Å². The van der Waals surface area contributed by atoms with Gasteiger partial charge in [-0.25, -0.2) is 15.0 Å². The molecule has 0 atom stereocenters. The molecule has 0 amide bonds. The first-order valence-corrected chi connectivity index (χ1v) is 12.5. The Morgan fingerprint density at radius 1 is 1.19 bits per heavy atom. The second kappa shape index (κ2) is 8.81. The maximum atomic E-state index is 5.93. The number of hydrogen-bond acceptors (Lipinski definition) is 8. The Morgan fingerprint density at radius 2 is 2.06 bits per heavy atom. The predicted molar refractivity (Wildman–Crippen MR) is 144 cm³/mol. The monoisotopic (exact) mass is 495 g/mol. The number of anilines is 1. The Hall–Kier alpha value is -4.15. The average Bonchev–Trinajstić information content (AvgIpc) is 3.58. The largest absolute Gasteiger partial charge is 0.352 e. The van der Waals surface area contributed by atoms with Crippen LogP contribution in [-0.2, 0) is 0 Å². The summed E-state index contributed by atoms with van der Waals surface area (Å²) in [6.07, 6.45) is 9.07. The number of allylic oxidation sites excluding steroid dienone is 2. The van der Waals surface area contributed by atoms with Crippen molar-refractivity contribution in [3.05, 3.63) is 76.7 Å². The number of nitrogens with one attached hydrogen (secondary N) is 2. The van der Waals surface area contributed by atoms with Crippen molar-refractivity contribution in [3.8, 4) is 22.8 Å². The highest BCUT2D eigenvalue weighted by atomic mass is 32.1. The number of fused-ring (bicyclic) bond motifs is 1. The number of imidazole rings is 1. The zero-order valence-corrected chi connectivity index (χ0v) is 20.8. The maximum absolute atomic E-state index is 5.93. The van der Waals surface area contributed by atoms with Gasteiger partial charge >= 0.3 is 0 Å². The van der Waals surface area contributed by atoms with E-state index in [0.717, 1.165) is 63.1 Å². The van der Waals surface area contributed by atoms with E-state index < -0.39 is 0 Å². The summed E-state index contributed by atoms with van der Waals surface area (Å²) in [4.78, 5) is 26.6. The fourth-order valence-electron chi connectivity index (χ4n) is 4.38. The van der Waals surface area contributed by atoms with Crippen LogP contribution in [0.25, 0.3) is 39.4 Å². The summed E-state index contributed by atoms with van der Waals surface area (Å²) >= 11 is 1.73. The Balaban J connectivity index is 1.39. The van der Waals surface area contributed by atoms with E-state index in [9.17, 15) is 0 Å². The van der Waals surface area contributed by atoms with E-state index in [2.05, 4.69) is 55.7 Å². The fourth-order valence-corrected chi connectivity index (χ4v) is 5.28. The Morgan fingerprint density at radius 3 is 2.81 bits per heavy atom. The van der Waals surface area contributed by atoms with Gasteiger partial charge in [0, 0.05) is 51.9 Å². The minimum absolute atomic E-state index is 0.189. The molecule has 1 aliphatic rings. The first kappa shape index (κ1) is 22.3. The van der Waals surface area contributed by atoms with E-state index in [0.29, 0.717) is 11.5 Å². The second-order valence-electron chi connectivity index (χ2n) is 8.91. The minimum atomic E-state index is 0.189. The van der Waals surface area contributed by atoms with Crippen LogP contribution in [0.5, 0.6) is 0 Å². The molecule has 0 aliphatic carbocycles. The first-order valence-electron chi connectivity index (χ1n) is 11.6. The summed E-state index contributed by atoms with van der Waals surface area (Å²) in [6.45, 7) is 9.59. The number of hydrogen-bond donors (Lipinski definition) is 3. The highest BCUT2D eigenvalue weighted by Gasteiger charge is 2.25. The third-order valence-corrected chi connectivity index (χ3v) is 7.26. The summed E-state index contributed by atoms with van der Waals surface area (Å²) in [7, 11) is 0. The van der Waals surface area contributed by atoms with Gasteiger partial charge in [0.15, 0.2) is 11.5 Å². The lowest BCUT2D eigenvalue weighted by Crippen LogP contribution is -2.56. The van der Waals surface area contributed by atoms with Crippen molar-refractivity contribution in [3.63, 3.8) is 0 Å². The Bertz CT molecular complexity index is 1620. The van der Waals surface area contributed by atoms with Crippen molar-refractivity contribution in [1.82, 2.24) is 35.1 Å². The van der Waals surface area contributed by atoms with Crippen molar-refractivity contribution < 1.29 is 0 Å². The molecule has 4 N–H and O–H groups in total. The lowest BCUT2D eigenvalue weighted by Gasteiger charge is -2.37. The first-order chi connectivity index (χ1) is 17.5. The number of thiophene rings is 1. The minimum Gasteiger partial charge on any atom is -0.352 e. The van der Waals surface area contributed by atoms with E-state index >= 15 is 0 Å². The lowest BCUT2D eigenvalue weighted by molar-refractivity contribution is 0.514. The summed E-state index contributed by atoms with van der Waals surface area (Å²) in [6, 6.07) is 6.45. The normalized spacial score (nSPS) is 14.4. The number of aromatic nitrogens is 7. The van der Waals surface area contributed by atoms with Crippen LogP contribution in [0.15, 0.2) is 55.5 Å². The number of aromatic amines is 2. The summed E-state index contributed by atoms with van der Waals surface area (Å²) in [5.41, 5.74) is 11.8. The average molecular weight is 496 g/mol. The molecule has 0 radical (unpaired) electrons. The van der Waals surface area contributed by atoms with Crippen LogP contribution in [0.2, 0.25) is 0 Å². The number of nitrogens with zero attached hydrogens (tertiary/aromatic N) is 6. The molecule has 6 rings (SSSR count).